The number of hydrogen-bond acceptors (Lipinski definition) is 3. The van der Waals surface area contributed by atoms with Crippen molar-refractivity contribution in [1.29, 1.82) is 0 Å². The number of nitrogens with two attached hydrogens (primary N) is 1. The lowest BCUT2D eigenvalue weighted by Crippen LogP contribution is -2.34. The Balaban J connectivity index is 1.55. The highest BCUT2D eigenvalue weighted by molar-refractivity contribution is 7.80. The van der Waals surface area contributed by atoms with Crippen LogP contribution in [0, 0.1) is 0 Å². The van der Waals surface area contributed by atoms with Gasteiger partial charge in [-0.2, -0.15) is 0 Å². The Kier molecular flexibility index (Phi) is 4.20. The summed E-state index contributed by atoms with van der Waals surface area (Å²) in [5.41, 5.74) is 9.65. The van der Waals surface area contributed by atoms with Crippen molar-refractivity contribution in [3.63, 3.8) is 0 Å². The van der Waals surface area contributed by atoms with Gasteiger partial charge in [-0.15, -0.1) is 0 Å². The normalized spacial score (nSPS) is 10.5. The Labute approximate surface area is 133 Å². The molecule has 22 heavy (non-hydrogen) atoms. The summed E-state index contributed by atoms with van der Waals surface area (Å²) < 4.78 is 0. The van der Waals surface area contributed by atoms with Gasteiger partial charge in [0.05, 0.1) is 0 Å². The van der Waals surface area contributed by atoms with Crippen LogP contribution in [0.3, 0.4) is 0 Å². The third-order valence-electron chi connectivity index (χ3n) is 3.39. The number of nitrogens with zero attached hydrogens (tertiary/aromatic N) is 1. The molecule has 112 valence electrons. The van der Waals surface area contributed by atoms with Gasteiger partial charge >= 0.3 is 0 Å². The zero-order valence-corrected chi connectivity index (χ0v) is 12.8. The first-order valence-corrected chi connectivity index (χ1v) is 7.40. The lowest BCUT2D eigenvalue weighted by Gasteiger charge is -2.11. The molecule has 0 spiro atoms. The van der Waals surface area contributed by atoms with Crippen LogP contribution >= 0.6 is 12.2 Å². The van der Waals surface area contributed by atoms with Crippen LogP contribution in [-0.2, 0) is 13.1 Å². The van der Waals surface area contributed by atoms with E-state index >= 15 is 0 Å². The minimum atomic E-state index is 0.614. The van der Waals surface area contributed by atoms with Crippen LogP contribution in [0.15, 0.2) is 48.8 Å². The van der Waals surface area contributed by atoms with Gasteiger partial charge in [0.15, 0.2) is 5.11 Å². The smallest absolute Gasteiger partial charge is 0.166 e. The predicted octanol–water partition coefficient (Wildman–Crippen LogP) is 2.31. The second kappa shape index (κ2) is 6.44. The number of anilines is 1. The number of benzene rings is 1. The predicted molar refractivity (Wildman–Crippen MR) is 93.2 cm³/mol. The number of thiocarbonyl (C=S) groups is 1. The third kappa shape index (κ3) is 3.35. The van der Waals surface area contributed by atoms with Gasteiger partial charge in [0.2, 0.25) is 0 Å². The first-order valence-electron chi connectivity index (χ1n) is 6.99. The second-order valence-electron chi connectivity index (χ2n) is 4.99. The summed E-state index contributed by atoms with van der Waals surface area (Å²) in [6, 6.07) is 11.8. The first-order chi connectivity index (χ1) is 10.7. The van der Waals surface area contributed by atoms with Crippen LogP contribution in [0.2, 0.25) is 0 Å². The molecule has 2 aromatic heterocycles. The number of rotatable bonds is 4. The molecule has 0 unspecified atom stereocenters. The van der Waals surface area contributed by atoms with Crippen LogP contribution in [0.1, 0.15) is 11.1 Å². The fourth-order valence-electron chi connectivity index (χ4n) is 2.30. The molecule has 0 fully saturated rings. The van der Waals surface area contributed by atoms with E-state index in [2.05, 4.69) is 20.6 Å². The van der Waals surface area contributed by atoms with Crippen molar-refractivity contribution in [2.75, 3.05) is 5.73 Å². The minimum Gasteiger partial charge on any atom is -0.399 e. The van der Waals surface area contributed by atoms with Crippen LogP contribution in [0.5, 0.6) is 0 Å². The lowest BCUT2D eigenvalue weighted by atomic mass is 10.2. The minimum absolute atomic E-state index is 0.614. The summed E-state index contributed by atoms with van der Waals surface area (Å²) in [7, 11) is 0. The molecule has 3 aromatic rings. The average Bonchev–Trinajstić information content (AvgIpc) is 3.00. The average molecular weight is 311 g/mol. The highest BCUT2D eigenvalue weighted by Crippen LogP contribution is 2.14. The van der Waals surface area contributed by atoms with Gasteiger partial charge in [0.25, 0.3) is 0 Å². The monoisotopic (exact) mass is 311 g/mol. The number of aromatic amines is 1. The highest BCUT2D eigenvalue weighted by Gasteiger charge is 2.03. The van der Waals surface area contributed by atoms with E-state index in [4.69, 9.17) is 18.0 Å². The van der Waals surface area contributed by atoms with E-state index in [0.29, 0.717) is 18.2 Å². The van der Waals surface area contributed by atoms with E-state index in [1.807, 2.05) is 42.6 Å². The molecule has 0 radical (unpaired) electrons. The van der Waals surface area contributed by atoms with Crippen molar-refractivity contribution >= 4 is 34.1 Å². The number of fused-ring (bicyclic) bond motifs is 1. The van der Waals surface area contributed by atoms with Crippen molar-refractivity contribution in [2.24, 2.45) is 0 Å². The third-order valence-corrected chi connectivity index (χ3v) is 3.68. The quantitative estimate of drug-likeness (QED) is 0.439. The summed E-state index contributed by atoms with van der Waals surface area (Å²) in [4.78, 5) is 7.37. The molecule has 0 aliphatic carbocycles. The second-order valence-corrected chi connectivity index (χ2v) is 5.40. The number of H-pyrrole nitrogens is 1. The summed E-state index contributed by atoms with van der Waals surface area (Å²) in [5, 5.41) is 8.11. The molecular formula is C16H17N5S. The summed E-state index contributed by atoms with van der Waals surface area (Å²) in [6.07, 6.45) is 3.68. The molecule has 0 saturated heterocycles. The maximum Gasteiger partial charge on any atom is 0.166 e. The van der Waals surface area contributed by atoms with E-state index in [9.17, 15) is 0 Å². The molecule has 0 aliphatic heterocycles. The molecule has 0 amide bonds. The van der Waals surface area contributed by atoms with Gasteiger partial charge in [0, 0.05) is 36.6 Å². The fourth-order valence-corrected chi connectivity index (χ4v) is 2.44. The standard InChI is InChI=1S/C16H17N5S/c17-13-3-1-2-11(8-13)9-20-16(22)21-10-12-4-6-18-15-14(12)5-7-19-15/h1-8H,9-10,17H2,(H,18,19)(H2,20,21,22). The number of hydrogen-bond donors (Lipinski definition) is 4. The van der Waals surface area contributed by atoms with Crippen molar-refractivity contribution in [3.8, 4) is 0 Å². The number of nitrogen functional groups attached to an aromatic ring is 1. The number of aromatic nitrogens is 2. The highest BCUT2D eigenvalue weighted by atomic mass is 32.1. The maximum absolute atomic E-state index is 5.76. The zero-order chi connectivity index (χ0) is 15.4. The molecule has 1 aromatic carbocycles. The molecule has 5 N–H and O–H groups in total. The number of nitrogens with one attached hydrogen (secondary N) is 3. The Morgan fingerprint density at radius 2 is 2.05 bits per heavy atom. The molecule has 0 saturated carbocycles. The molecule has 0 atom stereocenters. The van der Waals surface area contributed by atoms with Gasteiger partial charge in [-0.05, 0) is 47.6 Å². The van der Waals surface area contributed by atoms with Gasteiger partial charge < -0.3 is 21.4 Å². The molecule has 6 heteroatoms. The largest absolute Gasteiger partial charge is 0.399 e. The van der Waals surface area contributed by atoms with E-state index in [1.54, 1.807) is 6.20 Å². The van der Waals surface area contributed by atoms with Crippen LogP contribution in [-0.4, -0.2) is 15.1 Å². The Morgan fingerprint density at radius 1 is 1.18 bits per heavy atom. The van der Waals surface area contributed by atoms with Crippen molar-refractivity contribution in [3.05, 3.63) is 59.9 Å². The Morgan fingerprint density at radius 3 is 2.91 bits per heavy atom. The van der Waals surface area contributed by atoms with Crippen molar-refractivity contribution in [2.45, 2.75) is 13.1 Å². The number of pyridine rings is 1. The molecular weight excluding hydrogens is 294 g/mol. The van der Waals surface area contributed by atoms with Gasteiger partial charge in [-0.25, -0.2) is 4.98 Å². The van der Waals surface area contributed by atoms with Crippen LogP contribution < -0.4 is 16.4 Å². The van der Waals surface area contributed by atoms with Crippen molar-refractivity contribution < 1.29 is 0 Å². The molecule has 2 heterocycles. The molecule has 0 aliphatic rings. The van der Waals surface area contributed by atoms with Gasteiger partial charge in [0.1, 0.15) is 5.65 Å². The van der Waals surface area contributed by atoms with E-state index in [-0.39, 0.29) is 0 Å². The Hall–Kier alpha value is -2.60. The molecule has 5 nitrogen and oxygen atoms in total. The van der Waals surface area contributed by atoms with E-state index in [1.165, 1.54) is 0 Å². The first kappa shape index (κ1) is 14.3. The summed E-state index contributed by atoms with van der Waals surface area (Å²) >= 11 is 5.31. The van der Waals surface area contributed by atoms with Gasteiger partial charge in [-0.3, -0.25) is 0 Å². The Bertz CT molecular complexity index is 796. The van der Waals surface area contributed by atoms with Crippen molar-refractivity contribution in [1.82, 2.24) is 20.6 Å². The van der Waals surface area contributed by atoms with E-state index in [0.717, 1.165) is 27.8 Å². The lowest BCUT2D eigenvalue weighted by molar-refractivity contribution is 0.836. The molecule has 0 bridgehead atoms. The summed E-state index contributed by atoms with van der Waals surface area (Å²) in [6.45, 7) is 1.30. The fraction of sp³-hybridized carbons (Fsp3) is 0.125. The molecule has 3 rings (SSSR count). The maximum atomic E-state index is 5.76. The SMILES string of the molecule is Nc1cccc(CNC(=S)NCc2ccnc3[nH]ccc23)c1. The topological polar surface area (TPSA) is 78.8 Å². The van der Waals surface area contributed by atoms with Crippen LogP contribution in [0.25, 0.3) is 11.0 Å². The van der Waals surface area contributed by atoms with Crippen LogP contribution in [0.4, 0.5) is 5.69 Å². The van der Waals surface area contributed by atoms with E-state index < -0.39 is 0 Å². The zero-order valence-electron chi connectivity index (χ0n) is 12.0. The van der Waals surface area contributed by atoms with Gasteiger partial charge in [-0.1, -0.05) is 12.1 Å². The summed E-state index contributed by atoms with van der Waals surface area (Å²) in [5.74, 6) is 0.